The Balaban J connectivity index is 1.68. The van der Waals surface area contributed by atoms with Gasteiger partial charge in [-0.3, -0.25) is 0 Å². The van der Waals surface area contributed by atoms with Gasteiger partial charge >= 0.3 is 6.09 Å². The second-order valence-electron chi connectivity index (χ2n) is 9.32. The Morgan fingerprint density at radius 1 is 1.28 bits per heavy atom. The van der Waals surface area contributed by atoms with E-state index >= 15 is 0 Å². The van der Waals surface area contributed by atoms with Gasteiger partial charge < -0.3 is 19.0 Å². The van der Waals surface area contributed by atoms with Crippen LogP contribution in [0.1, 0.15) is 38.6 Å². The van der Waals surface area contributed by atoms with Crippen LogP contribution in [0.15, 0.2) is 42.7 Å². The zero-order valence-electron chi connectivity index (χ0n) is 18.1. The Kier molecular flexibility index (Phi) is 6.48. The summed E-state index contributed by atoms with van der Waals surface area (Å²) in [7, 11) is -1.92. The molecular weight excluding hydrogens is 382 g/mol. The highest BCUT2D eigenvalue weighted by Gasteiger charge is 2.44. The summed E-state index contributed by atoms with van der Waals surface area (Å²) in [5.74, 6) is 0.879. The van der Waals surface area contributed by atoms with Crippen molar-refractivity contribution in [3.05, 3.63) is 54.1 Å². The largest absolute Gasteiger partial charge is 0.445 e. The maximum Gasteiger partial charge on any atom is 0.410 e. The topological polar surface area (TPSA) is 67.5 Å². The molecule has 2 atom stereocenters. The highest BCUT2D eigenvalue weighted by atomic mass is 28.4. The molecular formula is C22H33N3O3Si. The number of carbonyl (C=O) groups is 1. The predicted molar refractivity (Wildman–Crippen MR) is 116 cm³/mol. The summed E-state index contributed by atoms with van der Waals surface area (Å²) in [5.41, 5.74) is 0.983. The number of benzene rings is 1. The molecule has 0 spiro atoms. The van der Waals surface area contributed by atoms with E-state index in [2.05, 4.69) is 43.8 Å². The lowest BCUT2D eigenvalue weighted by Crippen LogP contribution is -2.44. The number of carbonyl (C=O) groups excluding carboxylic acids is 1. The third-order valence-corrected chi connectivity index (χ3v) is 10.6. The van der Waals surface area contributed by atoms with E-state index in [0.717, 1.165) is 17.8 Å². The van der Waals surface area contributed by atoms with Crippen LogP contribution >= 0.6 is 0 Å². The second-order valence-corrected chi connectivity index (χ2v) is 14.1. The van der Waals surface area contributed by atoms with Gasteiger partial charge in [-0.15, -0.1) is 0 Å². The van der Waals surface area contributed by atoms with Gasteiger partial charge in [0, 0.05) is 31.4 Å². The molecule has 1 aliphatic rings. The van der Waals surface area contributed by atoms with E-state index in [1.165, 1.54) is 0 Å². The van der Waals surface area contributed by atoms with Crippen LogP contribution in [0.3, 0.4) is 0 Å². The molecule has 1 amide bonds. The van der Waals surface area contributed by atoms with Gasteiger partial charge in [0.05, 0.1) is 6.10 Å². The molecule has 1 aliphatic heterocycles. The molecule has 7 heteroatoms. The van der Waals surface area contributed by atoms with Crippen LogP contribution in [0.2, 0.25) is 18.1 Å². The lowest BCUT2D eigenvalue weighted by Gasteiger charge is -2.38. The third-order valence-electron chi connectivity index (χ3n) is 6.07. The van der Waals surface area contributed by atoms with Gasteiger partial charge in [0.15, 0.2) is 8.32 Å². The Morgan fingerprint density at radius 3 is 2.62 bits per heavy atom. The number of hydrogen-bond donors (Lipinski definition) is 1. The predicted octanol–water partition coefficient (Wildman–Crippen LogP) is 4.75. The zero-order chi connectivity index (χ0) is 21.1. The second kappa shape index (κ2) is 8.71. The molecule has 0 radical (unpaired) electrons. The van der Waals surface area contributed by atoms with Gasteiger partial charge in [-0.1, -0.05) is 51.1 Å². The van der Waals surface area contributed by atoms with Crippen LogP contribution in [0, 0.1) is 0 Å². The maximum absolute atomic E-state index is 12.9. The molecule has 158 valence electrons. The summed E-state index contributed by atoms with van der Waals surface area (Å²) in [4.78, 5) is 22.2. The number of amides is 1. The van der Waals surface area contributed by atoms with Crippen molar-refractivity contribution in [3.8, 4) is 0 Å². The van der Waals surface area contributed by atoms with E-state index in [0.29, 0.717) is 13.0 Å². The van der Waals surface area contributed by atoms with Crippen molar-refractivity contribution < 1.29 is 14.0 Å². The SMILES string of the molecule is CC(C)(C)[Si](C)(C)OC1CC(Cc2ncc[nH]2)N(C(=O)OCc2ccccc2)C1. The van der Waals surface area contributed by atoms with Crippen molar-refractivity contribution in [2.24, 2.45) is 0 Å². The van der Waals surface area contributed by atoms with Crippen molar-refractivity contribution >= 4 is 14.4 Å². The molecule has 0 bridgehead atoms. The van der Waals surface area contributed by atoms with Crippen LogP contribution in [0.25, 0.3) is 0 Å². The van der Waals surface area contributed by atoms with E-state index < -0.39 is 8.32 Å². The summed E-state index contributed by atoms with van der Waals surface area (Å²) in [6.07, 6.45) is 4.77. The minimum atomic E-state index is -1.92. The minimum Gasteiger partial charge on any atom is -0.445 e. The molecule has 6 nitrogen and oxygen atoms in total. The van der Waals surface area contributed by atoms with Gasteiger partial charge in [0.2, 0.25) is 0 Å². The number of ether oxygens (including phenoxy) is 1. The molecule has 2 unspecified atom stereocenters. The molecule has 2 heterocycles. The van der Waals surface area contributed by atoms with Gasteiger partial charge in [-0.05, 0) is 30.1 Å². The lowest BCUT2D eigenvalue weighted by molar-refractivity contribution is 0.0880. The molecule has 3 rings (SSSR count). The number of H-pyrrole nitrogens is 1. The van der Waals surface area contributed by atoms with Gasteiger partial charge in [-0.25, -0.2) is 9.78 Å². The maximum atomic E-state index is 12.9. The molecule has 0 saturated carbocycles. The Labute approximate surface area is 174 Å². The highest BCUT2D eigenvalue weighted by molar-refractivity contribution is 6.74. The number of hydrogen-bond acceptors (Lipinski definition) is 4. The van der Waals surface area contributed by atoms with Crippen LogP contribution < -0.4 is 0 Å². The van der Waals surface area contributed by atoms with E-state index in [1.807, 2.05) is 41.4 Å². The van der Waals surface area contributed by atoms with Crippen molar-refractivity contribution in [2.45, 2.75) is 70.5 Å². The molecule has 0 aliphatic carbocycles. The zero-order valence-corrected chi connectivity index (χ0v) is 19.1. The molecule has 1 N–H and O–H groups in total. The Hall–Kier alpha value is -2.12. The van der Waals surface area contributed by atoms with E-state index in [-0.39, 0.29) is 29.9 Å². The number of aromatic nitrogens is 2. The lowest BCUT2D eigenvalue weighted by atomic mass is 10.1. The average Bonchev–Trinajstić information content (AvgIpc) is 3.29. The average molecular weight is 416 g/mol. The minimum absolute atomic E-state index is 0.0131. The van der Waals surface area contributed by atoms with Crippen molar-refractivity contribution in [1.82, 2.24) is 14.9 Å². The first kappa shape index (κ1) is 21.6. The van der Waals surface area contributed by atoms with Crippen LogP contribution in [0.5, 0.6) is 0 Å². The standard InChI is InChI=1S/C22H33N3O3Si/c1-22(2,3)29(4,5)28-19-13-18(14-20-23-11-12-24-20)25(15-19)21(26)27-16-17-9-7-6-8-10-17/h6-12,18-19H,13-16H2,1-5H3,(H,23,24). The van der Waals surface area contributed by atoms with E-state index in [1.54, 1.807) is 6.20 Å². The van der Waals surface area contributed by atoms with Gasteiger partial charge in [-0.2, -0.15) is 0 Å². The number of nitrogens with one attached hydrogen (secondary N) is 1. The first-order chi connectivity index (χ1) is 13.7. The first-order valence-corrected chi connectivity index (χ1v) is 13.2. The number of aromatic amines is 1. The highest BCUT2D eigenvalue weighted by Crippen LogP contribution is 2.39. The molecule has 1 aromatic heterocycles. The van der Waals surface area contributed by atoms with Gasteiger partial charge in [0.1, 0.15) is 12.4 Å². The number of likely N-dealkylation sites (tertiary alicyclic amines) is 1. The van der Waals surface area contributed by atoms with Crippen molar-refractivity contribution in [1.29, 1.82) is 0 Å². The summed E-state index contributed by atoms with van der Waals surface area (Å²) in [6, 6.07) is 9.78. The fraction of sp³-hybridized carbons (Fsp3) is 0.545. The van der Waals surface area contributed by atoms with E-state index in [9.17, 15) is 4.79 Å². The summed E-state index contributed by atoms with van der Waals surface area (Å²) >= 11 is 0. The van der Waals surface area contributed by atoms with Crippen LogP contribution in [0.4, 0.5) is 4.79 Å². The summed E-state index contributed by atoms with van der Waals surface area (Å²) in [6.45, 7) is 12.1. The molecule has 1 fully saturated rings. The Morgan fingerprint density at radius 2 is 2.00 bits per heavy atom. The molecule has 1 aromatic carbocycles. The van der Waals surface area contributed by atoms with E-state index in [4.69, 9.17) is 9.16 Å². The smallest absolute Gasteiger partial charge is 0.410 e. The summed E-state index contributed by atoms with van der Waals surface area (Å²) in [5, 5.41) is 0.130. The fourth-order valence-corrected chi connectivity index (χ4v) is 4.76. The molecule has 2 aromatic rings. The fourth-order valence-electron chi connectivity index (χ4n) is 3.40. The van der Waals surface area contributed by atoms with Crippen LogP contribution in [-0.4, -0.2) is 48.0 Å². The third kappa shape index (κ3) is 5.48. The van der Waals surface area contributed by atoms with Gasteiger partial charge in [0.25, 0.3) is 0 Å². The Bertz CT molecular complexity index is 787. The van der Waals surface area contributed by atoms with Crippen molar-refractivity contribution in [3.63, 3.8) is 0 Å². The molecule has 1 saturated heterocycles. The normalized spacial score (nSPS) is 20.1. The number of imidazole rings is 1. The van der Waals surface area contributed by atoms with Crippen molar-refractivity contribution in [2.75, 3.05) is 6.54 Å². The molecule has 29 heavy (non-hydrogen) atoms. The van der Waals surface area contributed by atoms with Crippen LogP contribution in [-0.2, 0) is 22.2 Å². The quantitative estimate of drug-likeness (QED) is 0.691. The first-order valence-electron chi connectivity index (χ1n) is 10.3. The number of rotatable bonds is 6. The monoisotopic (exact) mass is 415 g/mol. The number of nitrogens with zero attached hydrogens (tertiary/aromatic N) is 2. The summed E-state index contributed by atoms with van der Waals surface area (Å²) < 4.78 is 12.2.